The second kappa shape index (κ2) is 9.22. The van der Waals surface area contributed by atoms with Crippen LogP contribution in [0.3, 0.4) is 0 Å². The van der Waals surface area contributed by atoms with E-state index in [1.807, 2.05) is 12.1 Å². The van der Waals surface area contributed by atoms with Gasteiger partial charge in [-0.05, 0) is 45.4 Å². The van der Waals surface area contributed by atoms with E-state index in [2.05, 4.69) is 136 Å². The Balaban J connectivity index is 1.59. The molecule has 6 aromatic carbocycles. The molecule has 2 nitrogen and oxygen atoms in total. The van der Waals surface area contributed by atoms with Gasteiger partial charge >= 0.3 is 0 Å². The van der Waals surface area contributed by atoms with Crippen molar-refractivity contribution in [3.05, 3.63) is 133 Å². The standard InChI is InChI=1S/C40H30O2/c1-40(2,3)27-23-21-26(22-24-27)34-35-30-17-9-11-19-32(30)41-38(35)37(39-36(34)31-18-10-12-20-33(31)42-39)29-16-8-7-15-28(29)25-13-5-4-6-14-25/h4-24H,1-3H3. The van der Waals surface area contributed by atoms with E-state index in [1.54, 1.807) is 0 Å². The minimum absolute atomic E-state index is 0.0683. The molecule has 2 heterocycles. The number of benzene rings is 6. The average molecular weight is 543 g/mol. The predicted molar refractivity (Wildman–Crippen MR) is 176 cm³/mol. The first-order valence-corrected chi connectivity index (χ1v) is 14.5. The fourth-order valence-electron chi connectivity index (χ4n) is 6.41. The van der Waals surface area contributed by atoms with E-state index in [4.69, 9.17) is 8.83 Å². The second-order valence-corrected chi connectivity index (χ2v) is 12.1. The lowest BCUT2D eigenvalue weighted by molar-refractivity contribution is 0.590. The zero-order valence-corrected chi connectivity index (χ0v) is 23.9. The van der Waals surface area contributed by atoms with Gasteiger partial charge in [0.25, 0.3) is 0 Å². The lowest BCUT2D eigenvalue weighted by atomic mass is 9.84. The van der Waals surface area contributed by atoms with Crippen molar-refractivity contribution in [3.8, 4) is 33.4 Å². The molecule has 0 fully saturated rings. The topological polar surface area (TPSA) is 26.3 Å². The van der Waals surface area contributed by atoms with Gasteiger partial charge in [0.1, 0.15) is 22.3 Å². The zero-order valence-electron chi connectivity index (χ0n) is 23.9. The lowest BCUT2D eigenvalue weighted by Crippen LogP contribution is -2.10. The van der Waals surface area contributed by atoms with E-state index in [1.165, 1.54) is 5.56 Å². The fourth-order valence-corrected chi connectivity index (χ4v) is 6.41. The molecular formula is C40H30O2. The molecular weight excluding hydrogens is 512 g/mol. The summed E-state index contributed by atoms with van der Waals surface area (Å²) in [6, 6.07) is 44.9. The van der Waals surface area contributed by atoms with Crippen molar-refractivity contribution in [1.82, 2.24) is 0 Å². The molecule has 202 valence electrons. The van der Waals surface area contributed by atoms with E-state index in [0.717, 1.165) is 77.3 Å². The van der Waals surface area contributed by atoms with Gasteiger partial charge in [0.05, 0.1) is 5.56 Å². The summed E-state index contributed by atoms with van der Waals surface area (Å²) >= 11 is 0. The van der Waals surface area contributed by atoms with Crippen LogP contribution in [0.5, 0.6) is 0 Å². The van der Waals surface area contributed by atoms with Gasteiger partial charge in [0, 0.05) is 27.1 Å². The molecule has 0 aliphatic carbocycles. The molecule has 0 radical (unpaired) electrons. The third-order valence-electron chi connectivity index (χ3n) is 8.47. The van der Waals surface area contributed by atoms with E-state index in [0.29, 0.717) is 0 Å². The quantitative estimate of drug-likeness (QED) is 0.222. The summed E-state index contributed by atoms with van der Waals surface area (Å²) in [4.78, 5) is 0. The maximum atomic E-state index is 6.81. The van der Waals surface area contributed by atoms with Crippen molar-refractivity contribution in [2.24, 2.45) is 0 Å². The minimum Gasteiger partial charge on any atom is -0.455 e. The van der Waals surface area contributed by atoms with Crippen LogP contribution in [0, 0.1) is 0 Å². The number of hydrogen-bond acceptors (Lipinski definition) is 2. The molecule has 0 saturated heterocycles. The highest BCUT2D eigenvalue weighted by Gasteiger charge is 2.27. The van der Waals surface area contributed by atoms with Crippen molar-refractivity contribution in [3.63, 3.8) is 0 Å². The second-order valence-electron chi connectivity index (χ2n) is 12.1. The highest BCUT2D eigenvalue weighted by molar-refractivity contribution is 6.30. The van der Waals surface area contributed by atoms with E-state index in [9.17, 15) is 0 Å². The van der Waals surface area contributed by atoms with Gasteiger partial charge in [-0.2, -0.15) is 0 Å². The minimum atomic E-state index is 0.0683. The van der Waals surface area contributed by atoms with Crippen LogP contribution in [0.4, 0.5) is 0 Å². The number of para-hydroxylation sites is 2. The van der Waals surface area contributed by atoms with E-state index in [-0.39, 0.29) is 5.41 Å². The molecule has 0 spiro atoms. The van der Waals surface area contributed by atoms with Gasteiger partial charge in [-0.25, -0.2) is 0 Å². The SMILES string of the molecule is CC(C)(C)c1ccc(-c2c3c(oc4ccccc43)c(-c3ccccc3-c3ccccc3)c3oc4ccccc4c23)cc1. The molecule has 0 N–H and O–H groups in total. The average Bonchev–Trinajstić information content (AvgIpc) is 3.59. The Bertz CT molecular complexity index is 2160. The number of rotatable bonds is 3. The third kappa shape index (κ3) is 3.72. The van der Waals surface area contributed by atoms with Crippen LogP contribution < -0.4 is 0 Å². The van der Waals surface area contributed by atoms with Crippen molar-refractivity contribution >= 4 is 43.9 Å². The van der Waals surface area contributed by atoms with Gasteiger partial charge < -0.3 is 8.83 Å². The number of fused-ring (bicyclic) bond motifs is 6. The molecule has 8 rings (SSSR count). The first-order chi connectivity index (χ1) is 20.5. The van der Waals surface area contributed by atoms with Crippen LogP contribution in [0.1, 0.15) is 26.3 Å². The Hall–Kier alpha value is -5.08. The van der Waals surface area contributed by atoms with Crippen LogP contribution in [-0.4, -0.2) is 0 Å². The Morgan fingerprint density at radius 1 is 0.429 bits per heavy atom. The molecule has 2 aromatic heterocycles. The van der Waals surface area contributed by atoms with Crippen LogP contribution in [0.15, 0.2) is 136 Å². The number of hydrogen-bond donors (Lipinski definition) is 0. The highest BCUT2D eigenvalue weighted by atomic mass is 16.3. The Morgan fingerprint density at radius 3 is 1.50 bits per heavy atom. The van der Waals surface area contributed by atoms with Gasteiger partial charge in [-0.1, -0.05) is 136 Å². The maximum absolute atomic E-state index is 6.81. The van der Waals surface area contributed by atoms with Gasteiger partial charge in [-0.15, -0.1) is 0 Å². The predicted octanol–water partition coefficient (Wildman–Crippen LogP) is 11.8. The van der Waals surface area contributed by atoms with Crippen LogP contribution in [0.2, 0.25) is 0 Å². The molecule has 0 aliphatic rings. The molecule has 42 heavy (non-hydrogen) atoms. The molecule has 0 bridgehead atoms. The van der Waals surface area contributed by atoms with Crippen molar-refractivity contribution < 1.29 is 8.83 Å². The lowest BCUT2D eigenvalue weighted by Gasteiger charge is -2.19. The molecule has 0 amide bonds. The summed E-state index contributed by atoms with van der Waals surface area (Å²) in [5.41, 5.74) is 11.5. The molecule has 2 heteroatoms. The molecule has 0 aliphatic heterocycles. The first kappa shape index (κ1) is 24.7. The summed E-state index contributed by atoms with van der Waals surface area (Å²) in [5.74, 6) is 0. The summed E-state index contributed by atoms with van der Waals surface area (Å²) < 4.78 is 13.6. The zero-order chi connectivity index (χ0) is 28.4. The van der Waals surface area contributed by atoms with Crippen LogP contribution in [0.25, 0.3) is 77.3 Å². The fraction of sp³-hybridized carbons (Fsp3) is 0.100. The van der Waals surface area contributed by atoms with Gasteiger partial charge in [0.15, 0.2) is 0 Å². The monoisotopic (exact) mass is 542 g/mol. The third-order valence-corrected chi connectivity index (χ3v) is 8.47. The van der Waals surface area contributed by atoms with Crippen LogP contribution in [-0.2, 0) is 5.41 Å². The Morgan fingerprint density at radius 2 is 0.929 bits per heavy atom. The summed E-state index contributed by atoms with van der Waals surface area (Å²) in [5, 5.41) is 4.44. The molecule has 0 atom stereocenters. The van der Waals surface area contributed by atoms with E-state index < -0.39 is 0 Å². The van der Waals surface area contributed by atoms with E-state index >= 15 is 0 Å². The van der Waals surface area contributed by atoms with Gasteiger partial charge in [0.2, 0.25) is 0 Å². The van der Waals surface area contributed by atoms with Crippen molar-refractivity contribution in [2.45, 2.75) is 26.2 Å². The normalized spacial score (nSPS) is 12.2. The summed E-state index contributed by atoms with van der Waals surface area (Å²) in [6.07, 6.45) is 0. The largest absolute Gasteiger partial charge is 0.455 e. The van der Waals surface area contributed by atoms with Crippen LogP contribution >= 0.6 is 0 Å². The first-order valence-electron chi connectivity index (χ1n) is 14.5. The number of furan rings is 2. The molecule has 0 unspecified atom stereocenters. The molecule has 8 aromatic rings. The van der Waals surface area contributed by atoms with Crippen molar-refractivity contribution in [2.75, 3.05) is 0 Å². The highest BCUT2D eigenvalue weighted by Crippen LogP contribution is 2.51. The van der Waals surface area contributed by atoms with Gasteiger partial charge in [-0.3, -0.25) is 0 Å². The molecule has 0 saturated carbocycles. The van der Waals surface area contributed by atoms with Crippen molar-refractivity contribution in [1.29, 1.82) is 0 Å². The summed E-state index contributed by atoms with van der Waals surface area (Å²) in [6.45, 7) is 6.76. The maximum Gasteiger partial charge on any atom is 0.147 e. The Kier molecular flexibility index (Phi) is 5.42. The smallest absolute Gasteiger partial charge is 0.147 e. The Labute approximate surface area is 244 Å². The summed E-state index contributed by atoms with van der Waals surface area (Å²) in [7, 11) is 0.